The Kier molecular flexibility index (Phi) is 3.89. The van der Waals surface area contributed by atoms with Crippen molar-refractivity contribution in [2.24, 2.45) is 0 Å². The molecule has 4 rings (SSSR count). The van der Waals surface area contributed by atoms with Crippen molar-refractivity contribution in [2.75, 3.05) is 0 Å². The van der Waals surface area contributed by atoms with Gasteiger partial charge >= 0.3 is 0 Å². The van der Waals surface area contributed by atoms with Crippen LogP contribution in [0.2, 0.25) is 5.02 Å². The topological polar surface area (TPSA) is 17.8 Å². The molecule has 0 radical (unpaired) electrons. The molecule has 24 heavy (non-hydrogen) atoms. The van der Waals surface area contributed by atoms with Crippen LogP contribution in [0.3, 0.4) is 0 Å². The fourth-order valence-corrected chi connectivity index (χ4v) is 2.85. The normalized spacial score (nSPS) is 10.7. The zero-order valence-electron chi connectivity index (χ0n) is 12.9. The maximum absolute atomic E-state index is 6.03. The van der Waals surface area contributed by atoms with Crippen LogP contribution in [0.25, 0.3) is 28.2 Å². The molecule has 0 atom stereocenters. The largest absolute Gasteiger partial charge is 0.232 e. The van der Waals surface area contributed by atoms with Gasteiger partial charge in [0, 0.05) is 16.1 Å². The first kappa shape index (κ1) is 14.7. The van der Waals surface area contributed by atoms with E-state index in [4.69, 9.17) is 16.7 Å². The maximum Gasteiger partial charge on any atom is 0.0934 e. The molecule has 0 N–H and O–H groups in total. The predicted molar refractivity (Wildman–Crippen MR) is 99.4 cm³/mol. The minimum absolute atomic E-state index is 0.718. The molecule has 0 aliphatic carbocycles. The lowest BCUT2D eigenvalue weighted by Crippen LogP contribution is -1.98. The molecule has 0 spiro atoms. The summed E-state index contributed by atoms with van der Waals surface area (Å²) in [5, 5.41) is 5.55. The molecule has 0 fully saturated rings. The number of nitrogens with zero attached hydrogens (tertiary/aromatic N) is 2. The van der Waals surface area contributed by atoms with E-state index in [1.54, 1.807) is 0 Å². The Balaban J connectivity index is 1.90. The lowest BCUT2D eigenvalue weighted by atomic mass is 10.1. The smallest absolute Gasteiger partial charge is 0.0934 e. The summed E-state index contributed by atoms with van der Waals surface area (Å²) in [7, 11) is 0. The first-order valence-electron chi connectivity index (χ1n) is 7.78. The summed E-state index contributed by atoms with van der Waals surface area (Å²) < 4.78 is 1.97. The molecule has 3 heteroatoms. The standard InChI is InChI=1S/C21H15ClN2/c22-18-11-13-19(14-12-18)24-21(17-9-5-2-6-10-17)15-20(23-24)16-7-3-1-4-8-16/h1-15H. The first-order chi connectivity index (χ1) is 11.8. The predicted octanol–water partition coefficient (Wildman–Crippen LogP) is 5.86. The lowest BCUT2D eigenvalue weighted by molar-refractivity contribution is 0.892. The van der Waals surface area contributed by atoms with Crippen LogP contribution >= 0.6 is 11.6 Å². The third kappa shape index (κ3) is 2.84. The van der Waals surface area contributed by atoms with Gasteiger partial charge in [0.15, 0.2) is 0 Å². The van der Waals surface area contributed by atoms with E-state index in [0.29, 0.717) is 0 Å². The Hall–Kier alpha value is -2.84. The van der Waals surface area contributed by atoms with Crippen LogP contribution < -0.4 is 0 Å². The van der Waals surface area contributed by atoms with E-state index in [1.807, 2.05) is 65.3 Å². The minimum Gasteiger partial charge on any atom is -0.232 e. The third-order valence-electron chi connectivity index (χ3n) is 3.92. The van der Waals surface area contributed by atoms with Crippen molar-refractivity contribution in [2.45, 2.75) is 0 Å². The van der Waals surface area contributed by atoms with Gasteiger partial charge < -0.3 is 0 Å². The van der Waals surface area contributed by atoms with E-state index in [9.17, 15) is 0 Å². The van der Waals surface area contributed by atoms with E-state index in [0.717, 1.165) is 33.2 Å². The molecule has 0 aliphatic rings. The molecule has 3 aromatic carbocycles. The Bertz CT molecular complexity index is 942. The van der Waals surface area contributed by atoms with Crippen LogP contribution in [0, 0.1) is 0 Å². The molecule has 1 aromatic heterocycles. The van der Waals surface area contributed by atoms with Crippen LogP contribution in [0.4, 0.5) is 0 Å². The zero-order valence-corrected chi connectivity index (χ0v) is 13.7. The highest BCUT2D eigenvalue weighted by Crippen LogP contribution is 2.28. The molecule has 0 unspecified atom stereocenters. The Morgan fingerprint density at radius 1 is 0.667 bits per heavy atom. The van der Waals surface area contributed by atoms with Gasteiger partial charge in [-0.05, 0) is 30.3 Å². The number of rotatable bonds is 3. The van der Waals surface area contributed by atoms with Gasteiger partial charge in [0.2, 0.25) is 0 Å². The van der Waals surface area contributed by atoms with E-state index in [2.05, 4.69) is 30.3 Å². The second-order valence-corrected chi connectivity index (χ2v) is 5.97. The summed E-state index contributed by atoms with van der Waals surface area (Å²) in [4.78, 5) is 0. The van der Waals surface area contributed by atoms with Gasteiger partial charge in [-0.1, -0.05) is 72.3 Å². The summed E-state index contributed by atoms with van der Waals surface area (Å²) >= 11 is 6.03. The van der Waals surface area contributed by atoms with Gasteiger partial charge in [-0.15, -0.1) is 0 Å². The second-order valence-electron chi connectivity index (χ2n) is 5.54. The summed E-state index contributed by atoms with van der Waals surface area (Å²) in [6.45, 7) is 0. The van der Waals surface area contributed by atoms with E-state index in [-0.39, 0.29) is 0 Å². The van der Waals surface area contributed by atoms with E-state index >= 15 is 0 Å². The van der Waals surface area contributed by atoms with Crippen molar-refractivity contribution in [3.8, 4) is 28.2 Å². The van der Waals surface area contributed by atoms with E-state index < -0.39 is 0 Å². The summed E-state index contributed by atoms with van der Waals surface area (Å²) in [5.74, 6) is 0. The van der Waals surface area contributed by atoms with Gasteiger partial charge in [0.25, 0.3) is 0 Å². The SMILES string of the molecule is Clc1ccc(-n2nc(-c3ccccc3)cc2-c2ccccc2)cc1. The highest BCUT2D eigenvalue weighted by Gasteiger charge is 2.12. The van der Waals surface area contributed by atoms with Crippen molar-refractivity contribution in [3.63, 3.8) is 0 Å². The molecule has 1 heterocycles. The molecular formula is C21H15ClN2. The molecule has 0 saturated heterocycles. The number of benzene rings is 3. The zero-order chi connectivity index (χ0) is 16.4. The molecule has 0 saturated carbocycles. The quantitative estimate of drug-likeness (QED) is 0.460. The molecule has 4 aromatic rings. The van der Waals surface area contributed by atoms with Gasteiger partial charge in [0.05, 0.1) is 17.1 Å². The molecule has 2 nitrogen and oxygen atoms in total. The molecule has 0 amide bonds. The van der Waals surface area contributed by atoms with Crippen LogP contribution in [0.1, 0.15) is 0 Å². The highest BCUT2D eigenvalue weighted by atomic mass is 35.5. The van der Waals surface area contributed by atoms with Crippen molar-refractivity contribution >= 4 is 11.6 Å². The van der Waals surface area contributed by atoms with E-state index in [1.165, 1.54) is 0 Å². The van der Waals surface area contributed by atoms with Crippen molar-refractivity contribution in [3.05, 3.63) is 96.0 Å². The van der Waals surface area contributed by atoms with Crippen LogP contribution in [0.15, 0.2) is 91.0 Å². The van der Waals surface area contributed by atoms with Crippen molar-refractivity contribution in [1.82, 2.24) is 9.78 Å². The van der Waals surface area contributed by atoms with Crippen molar-refractivity contribution in [1.29, 1.82) is 0 Å². The number of aromatic nitrogens is 2. The van der Waals surface area contributed by atoms with Crippen molar-refractivity contribution < 1.29 is 0 Å². The van der Waals surface area contributed by atoms with Gasteiger partial charge in [0.1, 0.15) is 0 Å². The maximum atomic E-state index is 6.03. The van der Waals surface area contributed by atoms with Crippen LogP contribution in [0.5, 0.6) is 0 Å². The molecule has 116 valence electrons. The Morgan fingerprint density at radius 2 is 1.25 bits per heavy atom. The first-order valence-corrected chi connectivity index (χ1v) is 8.16. The monoisotopic (exact) mass is 330 g/mol. The average Bonchev–Trinajstić information content (AvgIpc) is 3.09. The fraction of sp³-hybridized carbons (Fsp3) is 0. The van der Waals surface area contributed by atoms with Gasteiger partial charge in [-0.25, -0.2) is 4.68 Å². The van der Waals surface area contributed by atoms with Crippen LogP contribution in [-0.4, -0.2) is 9.78 Å². The second kappa shape index (κ2) is 6.34. The number of halogens is 1. The molecule has 0 bridgehead atoms. The Labute approximate surface area is 146 Å². The highest BCUT2D eigenvalue weighted by molar-refractivity contribution is 6.30. The lowest BCUT2D eigenvalue weighted by Gasteiger charge is -2.07. The summed E-state index contributed by atoms with van der Waals surface area (Å²) in [6, 6.07) is 30.4. The van der Waals surface area contributed by atoms with Gasteiger partial charge in [-0.2, -0.15) is 5.10 Å². The molecule has 0 aliphatic heterocycles. The summed E-state index contributed by atoms with van der Waals surface area (Å²) in [5.41, 5.74) is 5.21. The minimum atomic E-state index is 0.718. The summed E-state index contributed by atoms with van der Waals surface area (Å²) in [6.07, 6.45) is 0. The van der Waals surface area contributed by atoms with Gasteiger partial charge in [-0.3, -0.25) is 0 Å². The van der Waals surface area contributed by atoms with Crippen LogP contribution in [-0.2, 0) is 0 Å². The average molecular weight is 331 g/mol. The fourth-order valence-electron chi connectivity index (χ4n) is 2.72. The third-order valence-corrected chi connectivity index (χ3v) is 4.17. The number of hydrogen-bond acceptors (Lipinski definition) is 1. The molecular weight excluding hydrogens is 316 g/mol. The number of hydrogen-bond donors (Lipinski definition) is 0. The Morgan fingerprint density at radius 3 is 1.88 bits per heavy atom.